The van der Waals surface area contributed by atoms with Crippen LogP contribution in [0, 0.1) is 0 Å². The van der Waals surface area contributed by atoms with Crippen LogP contribution in [0.25, 0.3) is 0 Å². The van der Waals surface area contributed by atoms with Crippen molar-refractivity contribution < 1.29 is 9.47 Å². The Morgan fingerprint density at radius 2 is 1.96 bits per heavy atom. The van der Waals surface area contributed by atoms with Crippen LogP contribution in [0.5, 0.6) is 11.5 Å². The molecule has 1 N–H and O–H groups in total. The van der Waals surface area contributed by atoms with E-state index < -0.39 is 0 Å². The molecule has 1 aromatic carbocycles. The normalized spacial score (nSPS) is 12.9. The van der Waals surface area contributed by atoms with E-state index in [1.807, 2.05) is 32.3 Å². The highest BCUT2D eigenvalue weighted by Crippen LogP contribution is 2.25. The fraction of sp³-hybridized carbons (Fsp3) is 0.632. The summed E-state index contributed by atoms with van der Waals surface area (Å²) < 4.78 is 10.7. The highest BCUT2D eigenvalue weighted by Gasteiger charge is 2.12. The van der Waals surface area contributed by atoms with Gasteiger partial charge in [-0.25, -0.2) is 0 Å². The molecular weight excluding hydrogens is 316 g/mol. The van der Waals surface area contributed by atoms with Crippen molar-refractivity contribution in [2.75, 3.05) is 48.5 Å². The summed E-state index contributed by atoms with van der Waals surface area (Å²) in [7, 11) is 9.32. The fourth-order valence-corrected chi connectivity index (χ4v) is 2.57. The van der Waals surface area contributed by atoms with Gasteiger partial charge in [-0.1, -0.05) is 6.92 Å². The molecule has 25 heavy (non-hydrogen) atoms. The molecule has 0 aromatic heterocycles. The predicted molar refractivity (Wildman–Crippen MR) is 105 cm³/mol. The standard InChI is InChI=1S/C19H34N4O2/c1-8-15(2)22(4)12-11-21-19(20-3)23(5)14-16-9-10-17(24-6)13-18(16)25-7/h9-10,13,15H,8,11-12,14H2,1-7H3,(H,20,21). The number of hydrogen-bond acceptors (Lipinski definition) is 4. The predicted octanol–water partition coefficient (Wildman–Crippen LogP) is 2.44. The number of hydrogen-bond donors (Lipinski definition) is 1. The van der Waals surface area contributed by atoms with Crippen molar-refractivity contribution in [1.82, 2.24) is 15.1 Å². The van der Waals surface area contributed by atoms with E-state index in [4.69, 9.17) is 9.47 Å². The van der Waals surface area contributed by atoms with E-state index in [2.05, 4.69) is 41.0 Å². The third-order valence-electron chi connectivity index (χ3n) is 4.57. The Balaban J connectivity index is 2.63. The first-order valence-electron chi connectivity index (χ1n) is 8.79. The van der Waals surface area contributed by atoms with Crippen LogP contribution in [0.4, 0.5) is 0 Å². The van der Waals surface area contributed by atoms with Gasteiger partial charge in [0, 0.05) is 51.4 Å². The topological polar surface area (TPSA) is 49.3 Å². The van der Waals surface area contributed by atoms with Gasteiger partial charge < -0.3 is 24.6 Å². The Labute approximate surface area is 152 Å². The number of guanidine groups is 1. The van der Waals surface area contributed by atoms with Crippen molar-refractivity contribution >= 4 is 5.96 Å². The van der Waals surface area contributed by atoms with E-state index in [-0.39, 0.29) is 0 Å². The number of ether oxygens (including phenoxy) is 2. The number of nitrogens with one attached hydrogen (secondary N) is 1. The first-order valence-corrected chi connectivity index (χ1v) is 8.79. The van der Waals surface area contributed by atoms with Crippen LogP contribution in [0.3, 0.4) is 0 Å². The minimum Gasteiger partial charge on any atom is -0.497 e. The quantitative estimate of drug-likeness (QED) is 0.548. The Morgan fingerprint density at radius 1 is 1.24 bits per heavy atom. The highest BCUT2D eigenvalue weighted by molar-refractivity contribution is 5.79. The van der Waals surface area contributed by atoms with Crippen LogP contribution in [0.15, 0.2) is 23.2 Å². The van der Waals surface area contributed by atoms with Crippen LogP contribution in [-0.4, -0.2) is 70.3 Å². The molecule has 1 rings (SSSR count). The maximum absolute atomic E-state index is 5.48. The van der Waals surface area contributed by atoms with Gasteiger partial charge in [-0.15, -0.1) is 0 Å². The first-order chi connectivity index (χ1) is 12.0. The number of aliphatic imine (C=N–C) groups is 1. The molecule has 142 valence electrons. The Morgan fingerprint density at radius 3 is 2.52 bits per heavy atom. The van der Waals surface area contributed by atoms with Gasteiger partial charge in [0.05, 0.1) is 14.2 Å². The van der Waals surface area contributed by atoms with Crippen molar-refractivity contribution in [3.05, 3.63) is 23.8 Å². The zero-order valence-corrected chi connectivity index (χ0v) is 16.8. The third-order valence-corrected chi connectivity index (χ3v) is 4.57. The molecule has 0 bridgehead atoms. The average molecular weight is 351 g/mol. The summed E-state index contributed by atoms with van der Waals surface area (Å²) >= 11 is 0. The van der Waals surface area contributed by atoms with Gasteiger partial charge in [-0.05, 0) is 32.5 Å². The second-order valence-corrected chi connectivity index (χ2v) is 6.25. The summed E-state index contributed by atoms with van der Waals surface area (Å²) in [6.45, 7) is 7.00. The number of likely N-dealkylation sites (N-methyl/N-ethyl adjacent to an activating group) is 1. The van der Waals surface area contributed by atoms with Crippen molar-refractivity contribution in [3.8, 4) is 11.5 Å². The van der Waals surface area contributed by atoms with E-state index in [1.54, 1.807) is 14.2 Å². The Kier molecular flexibility index (Phi) is 9.13. The van der Waals surface area contributed by atoms with Crippen LogP contribution in [0.2, 0.25) is 0 Å². The van der Waals surface area contributed by atoms with Crippen LogP contribution < -0.4 is 14.8 Å². The lowest BCUT2D eigenvalue weighted by atomic mass is 10.2. The molecule has 1 unspecified atom stereocenters. The second kappa shape index (κ2) is 10.8. The minimum atomic E-state index is 0.588. The maximum Gasteiger partial charge on any atom is 0.193 e. The van der Waals surface area contributed by atoms with E-state index in [1.165, 1.54) is 0 Å². The molecular formula is C19H34N4O2. The fourth-order valence-electron chi connectivity index (χ4n) is 2.57. The summed E-state index contributed by atoms with van der Waals surface area (Å²) in [5.74, 6) is 2.48. The third kappa shape index (κ3) is 6.46. The summed E-state index contributed by atoms with van der Waals surface area (Å²) in [6.07, 6.45) is 1.16. The summed E-state index contributed by atoms with van der Waals surface area (Å²) in [5.41, 5.74) is 1.09. The molecule has 0 aliphatic heterocycles. The van der Waals surface area contributed by atoms with E-state index >= 15 is 0 Å². The molecule has 0 fully saturated rings. The van der Waals surface area contributed by atoms with Crippen LogP contribution in [-0.2, 0) is 6.54 Å². The van der Waals surface area contributed by atoms with E-state index in [9.17, 15) is 0 Å². The molecule has 0 spiro atoms. The number of benzene rings is 1. The van der Waals surface area contributed by atoms with Gasteiger partial charge >= 0.3 is 0 Å². The summed E-state index contributed by atoms with van der Waals surface area (Å²) in [5, 5.41) is 3.43. The largest absolute Gasteiger partial charge is 0.497 e. The second-order valence-electron chi connectivity index (χ2n) is 6.25. The van der Waals surface area contributed by atoms with Gasteiger partial charge in [-0.2, -0.15) is 0 Å². The molecule has 0 heterocycles. The van der Waals surface area contributed by atoms with Gasteiger partial charge in [0.15, 0.2) is 5.96 Å². The molecule has 0 aliphatic rings. The summed E-state index contributed by atoms with van der Waals surface area (Å²) in [6, 6.07) is 6.46. The first kappa shape index (κ1) is 21.1. The smallest absolute Gasteiger partial charge is 0.193 e. The molecule has 6 heteroatoms. The zero-order valence-electron chi connectivity index (χ0n) is 16.8. The lowest BCUT2D eigenvalue weighted by Crippen LogP contribution is -2.43. The number of methoxy groups -OCH3 is 2. The maximum atomic E-state index is 5.48. The van der Waals surface area contributed by atoms with E-state index in [0.717, 1.165) is 42.5 Å². The van der Waals surface area contributed by atoms with Gasteiger partial charge in [-0.3, -0.25) is 4.99 Å². The minimum absolute atomic E-state index is 0.588. The Bertz CT molecular complexity index is 548. The molecule has 0 aliphatic carbocycles. The molecule has 0 amide bonds. The van der Waals surface area contributed by atoms with E-state index in [0.29, 0.717) is 12.6 Å². The molecule has 1 aromatic rings. The van der Waals surface area contributed by atoms with Gasteiger partial charge in [0.1, 0.15) is 11.5 Å². The Hall–Kier alpha value is -1.95. The average Bonchev–Trinajstić information content (AvgIpc) is 2.64. The van der Waals surface area contributed by atoms with Crippen molar-refractivity contribution in [2.45, 2.75) is 32.9 Å². The molecule has 1 atom stereocenters. The van der Waals surface area contributed by atoms with Gasteiger partial charge in [0.25, 0.3) is 0 Å². The number of rotatable bonds is 9. The molecule has 0 radical (unpaired) electrons. The lowest BCUT2D eigenvalue weighted by Gasteiger charge is -2.26. The molecule has 6 nitrogen and oxygen atoms in total. The SMILES string of the molecule is CCC(C)N(C)CCNC(=NC)N(C)Cc1ccc(OC)cc1OC. The van der Waals surface area contributed by atoms with Crippen LogP contribution in [0.1, 0.15) is 25.8 Å². The van der Waals surface area contributed by atoms with Crippen molar-refractivity contribution in [2.24, 2.45) is 4.99 Å². The van der Waals surface area contributed by atoms with Crippen molar-refractivity contribution in [1.29, 1.82) is 0 Å². The molecule has 0 saturated carbocycles. The zero-order chi connectivity index (χ0) is 18.8. The number of nitrogens with zero attached hydrogens (tertiary/aromatic N) is 3. The van der Waals surface area contributed by atoms with Crippen molar-refractivity contribution in [3.63, 3.8) is 0 Å². The monoisotopic (exact) mass is 350 g/mol. The van der Waals surface area contributed by atoms with Gasteiger partial charge in [0.2, 0.25) is 0 Å². The van der Waals surface area contributed by atoms with Crippen LogP contribution >= 0.6 is 0 Å². The lowest BCUT2D eigenvalue weighted by molar-refractivity contribution is 0.255. The molecule has 0 saturated heterocycles. The summed E-state index contributed by atoms with van der Waals surface area (Å²) in [4.78, 5) is 8.83. The highest BCUT2D eigenvalue weighted by atomic mass is 16.5.